The Bertz CT molecular complexity index is 890. The third-order valence-corrected chi connectivity index (χ3v) is 4.24. The van der Waals surface area contributed by atoms with Gasteiger partial charge in [0, 0.05) is 18.2 Å². The second-order valence-corrected chi connectivity index (χ2v) is 6.13. The lowest BCUT2D eigenvalue weighted by atomic mass is 10.1. The number of oxazole rings is 1. The largest absolute Gasteiger partial charge is 0.486 e. The highest BCUT2D eigenvalue weighted by Gasteiger charge is 2.24. The maximum absolute atomic E-state index is 12.7. The topological polar surface area (TPSA) is 64.8 Å². The molecule has 0 aliphatic carbocycles. The summed E-state index contributed by atoms with van der Waals surface area (Å²) in [6, 6.07) is 14.8. The van der Waals surface area contributed by atoms with E-state index in [0.29, 0.717) is 30.2 Å². The highest BCUT2D eigenvalue weighted by Crippen LogP contribution is 2.31. The van der Waals surface area contributed by atoms with Crippen LogP contribution in [0, 0.1) is 0 Å². The maximum Gasteiger partial charge on any atom is 0.253 e. The van der Waals surface area contributed by atoms with E-state index in [1.54, 1.807) is 30.3 Å². The number of rotatable bonds is 4. The van der Waals surface area contributed by atoms with Crippen molar-refractivity contribution < 1.29 is 18.7 Å². The van der Waals surface area contributed by atoms with Crippen molar-refractivity contribution in [2.75, 3.05) is 20.2 Å². The van der Waals surface area contributed by atoms with Crippen LogP contribution in [0.2, 0.25) is 0 Å². The first-order chi connectivity index (χ1) is 12.7. The molecule has 1 aliphatic heterocycles. The van der Waals surface area contributed by atoms with Crippen molar-refractivity contribution in [3.05, 3.63) is 66.7 Å². The molecule has 1 atom stereocenters. The lowest BCUT2D eigenvalue weighted by molar-refractivity contribution is 0.0521. The van der Waals surface area contributed by atoms with Crippen LogP contribution in [0.15, 0.2) is 65.5 Å². The van der Waals surface area contributed by atoms with E-state index in [0.717, 1.165) is 11.3 Å². The Morgan fingerprint density at radius 1 is 1.15 bits per heavy atom. The van der Waals surface area contributed by atoms with Crippen LogP contribution < -0.4 is 9.47 Å². The molecular formula is C20H18N2O4. The van der Waals surface area contributed by atoms with Crippen LogP contribution in [0.25, 0.3) is 11.3 Å². The number of likely N-dealkylation sites (N-methyl/N-ethyl adjacent to an activating group) is 1. The van der Waals surface area contributed by atoms with Gasteiger partial charge in [-0.2, -0.15) is 0 Å². The Kier molecular flexibility index (Phi) is 4.31. The fourth-order valence-electron chi connectivity index (χ4n) is 2.90. The van der Waals surface area contributed by atoms with E-state index in [9.17, 15) is 4.79 Å². The van der Waals surface area contributed by atoms with Crippen molar-refractivity contribution in [3.63, 3.8) is 0 Å². The number of aromatic nitrogens is 1. The fraction of sp³-hybridized carbons (Fsp3) is 0.200. The Morgan fingerprint density at radius 2 is 1.92 bits per heavy atom. The normalized spacial score (nSPS) is 15.5. The van der Waals surface area contributed by atoms with Crippen molar-refractivity contribution in [1.82, 2.24) is 9.88 Å². The van der Waals surface area contributed by atoms with Gasteiger partial charge in [-0.05, 0) is 24.3 Å². The molecule has 0 bridgehead atoms. The van der Waals surface area contributed by atoms with E-state index in [2.05, 4.69) is 4.98 Å². The number of amides is 1. The third-order valence-electron chi connectivity index (χ3n) is 4.24. The molecule has 6 heteroatoms. The molecule has 0 radical (unpaired) electrons. The molecule has 26 heavy (non-hydrogen) atoms. The monoisotopic (exact) mass is 350 g/mol. The van der Waals surface area contributed by atoms with E-state index in [1.807, 2.05) is 36.4 Å². The van der Waals surface area contributed by atoms with Gasteiger partial charge in [0.1, 0.15) is 6.61 Å². The summed E-state index contributed by atoms with van der Waals surface area (Å²) in [6.45, 7) is 0.857. The van der Waals surface area contributed by atoms with Crippen molar-refractivity contribution in [1.29, 1.82) is 0 Å². The van der Waals surface area contributed by atoms with Gasteiger partial charge in [0.25, 0.3) is 5.91 Å². The Balaban J connectivity index is 1.40. The highest BCUT2D eigenvalue weighted by atomic mass is 16.6. The zero-order valence-electron chi connectivity index (χ0n) is 14.3. The Labute approximate surface area is 151 Å². The van der Waals surface area contributed by atoms with Crippen LogP contribution in [0.5, 0.6) is 11.5 Å². The van der Waals surface area contributed by atoms with Crippen LogP contribution in [0.4, 0.5) is 0 Å². The van der Waals surface area contributed by atoms with E-state index in [-0.39, 0.29) is 12.0 Å². The molecule has 0 saturated carbocycles. The first-order valence-corrected chi connectivity index (χ1v) is 8.33. The molecule has 1 aliphatic rings. The van der Waals surface area contributed by atoms with E-state index in [4.69, 9.17) is 13.9 Å². The molecule has 1 amide bonds. The predicted octanol–water partition coefficient (Wildman–Crippen LogP) is 3.25. The van der Waals surface area contributed by atoms with Gasteiger partial charge >= 0.3 is 0 Å². The molecule has 0 saturated heterocycles. The molecule has 0 fully saturated rings. The predicted molar refractivity (Wildman–Crippen MR) is 95.3 cm³/mol. The van der Waals surface area contributed by atoms with E-state index in [1.165, 1.54) is 6.39 Å². The molecule has 2 aromatic carbocycles. The average molecular weight is 350 g/mol. The molecule has 0 spiro atoms. The zero-order valence-corrected chi connectivity index (χ0v) is 14.3. The van der Waals surface area contributed by atoms with Crippen LogP contribution in [-0.4, -0.2) is 42.1 Å². The second kappa shape index (κ2) is 6.92. The van der Waals surface area contributed by atoms with Gasteiger partial charge in [-0.15, -0.1) is 0 Å². The summed E-state index contributed by atoms with van der Waals surface area (Å²) >= 11 is 0. The Morgan fingerprint density at radius 3 is 2.65 bits per heavy atom. The van der Waals surface area contributed by atoms with Gasteiger partial charge in [-0.1, -0.05) is 24.3 Å². The standard InChI is InChI=1S/C20H18N2O4/c1-22(11-16-12-24-17-4-2-3-5-18(17)26-16)20(23)15-8-6-14(7-9-15)19-10-21-13-25-19/h2-10,13,16H,11-12H2,1H3. The van der Waals surface area contributed by atoms with Crippen molar-refractivity contribution >= 4 is 5.91 Å². The molecule has 2 heterocycles. The summed E-state index contributed by atoms with van der Waals surface area (Å²) in [4.78, 5) is 18.2. The summed E-state index contributed by atoms with van der Waals surface area (Å²) in [5.74, 6) is 2.04. The van der Waals surface area contributed by atoms with Crippen LogP contribution in [0.3, 0.4) is 0 Å². The van der Waals surface area contributed by atoms with E-state index < -0.39 is 0 Å². The maximum atomic E-state index is 12.7. The van der Waals surface area contributed by atoms with Gasteiger partial charge in [0.2, 0.25) is 0 Å². The number of carbonyl (C=O) groups is 1. The van der Waals surface area contributed by atoms with Crippen molar-refractivity contribution in [3.8, 4) is 22.8 Å². The fourth-order valence-corrected chi connectivity index (χ4v) is 2.90. The molecule has 0 N–H and O–H groups in total. The number of para-hydroxylation sites is 2. The number of hydrogen-bond acceptors (Lipinski definition) is 5. The van der Waals surface area contributed by atoms with Gasteiger partial charge in [-0.25, -0.2) is 4.98 Å². The minimum absolute atomic E-state index is 0.0726. The third kappa shape index (κ3) is 3.26. The molecule has 4 rings (SSSR count). The number of ether oxygens (including phenoxy) is 2. The van der Waals surface area contributed by atoms with Crippen molar-refractivity contribution in [2.45, 2.75) is 6.10 Å². The quantitative estimate of drug-likeness (QED) is 0.723. The number of hydrogen-bond donors (Lipinski definition) is 0. The minimum atomic E-state index is -0.202. The summed E-state index contributed by atoms with van der Waals surface area (Å²) in [5, 5.41) is 0. The second-order valence-electron chi connectivity index (χ2n) is 6.13. The molecule has 1 aromatic heterocycles. The van der Waals surface area contributed by atoms with E-state index >= 15 is 0 Å². The summed E-state index contributed by atoms with van der Waals surface area (Å²) in [5.41, 5.74) is 1.48. The number of nitrogens with zero attached hydrogens (tertiary/aromatic N) is 2. The van der Waals surface area contributed by atoms with Crippen LogP contribution in [-0.2, 0) is 0 Å². The highest BCUT2D eigenvalue weighted by molar-refractivity contribution is 5.94. The molecule has 3 aromatic rings. The molecule has 132 valence electrons. The van der Waals surface area contributed by atoms with Crippen LogP contribution >= 0.6 is 0 Å². The summed E-state index contributed by atoms with van der Waals surface area (Å²) in [6.07, 6.45) is 2.82. The van der Waals surface area contributed by atoms with Gasteiger partial charge in [0.05, 0.1) is 12.7 Å². The summed E-state index contributed by atoms with van der Waals surface area (Å²) < 4.78 is 16.9. The van der Waals surface area contributed by atoms with Gasteiger partial charge in [-0.3, -0.25) is 4.79 Å². The Hall–Kier alpha value is -3.28. The zero-order chi connectivity index (χ0) is 17.9. The lowest BCUT2D eigenvalue weighted by Gasteiger charge is -2.29. The smallest absolute Gasteiger partial charge is 0.253 e. The van der Waals surface area contributed by atoms with Crippen LogP contribution in [0.1, 0.15) is 10.4 Å². The first kappa shape index (κ1) is 16.2. The van der Waals surface area contributed by atoms with Gasteiger partial charge < -0.3 is 18.8 Å². The number of benzene rings is 2. The molecular weight excluding hydrogens is 332 g/mol. The first-order valence-electron chi connectivity index (χ1n) is 8.33. The van der Waals surface area contributed by atoms with Crippen molar-refractivity contribution in [2.24, 2.45) is 0 Å². The average Bonchev–Trinajstić information content (AvgIpc) is 3.22. The molecule has 1 unspecified atom stereocenters. The lowest BCUT2D eigenvalue weighted by Crippen LogP contribution is -2.41. The minimum Gasteiger partial charge on any atom is -0.486 e. The molecule has 6 nitrogen and oxygen atoms in total. The SMILES string of the molecule is CN(CC1COc2ccccc2O1)C(=O)c1ccc(-c2cnco2)cc1. The van der Waals surface area contributed by atoms with Gasteiger partial charge in [0.15, 0.2) is 29.8 Å². The number of fused-ring (bicyclic) bond motifs is 1. The number of carbonyl (C=O) groups excluding carboxylic acids is 1. The summed E-state index contributed by atoms with van der Waals surface area (Å²) in [7, 11) is 1.76.